The maximum Gasteiger partial charge on any atom is 0.471 e. The Labute approximate surface area is 136 Å². The van der Waals surface area contributed by atoms with Crippen LogP contribution in [0.25, 0.3) is 0 Å². The zero-order valence-electron chi connectivity index (χ0n) is 12.9. The van der Waals surface area contributed by atoms with Crippen LogP contribution in [0.2, 0.25) is 0 Å². The number of nitrogens with zero attached hydrogens (tertiary/aromatic N) is 2. The third-order valence-corrected chi connectivity index (χ3v) is 3.69. The molecule has 1 heterocycles. The van der Waals surface area contributed by atoms with Crippen LogP contribution in [0.1, 0.15) is 18.4 Å². The summed E-state index contributed by atoms with van der Waals surface area (Å²) in [7, 11) is 1.33. The number of ether oxygens (including phenoxy) is 1. The lowest BCUT2D eigenvalue weighted by Crippen LogP contribution is -2.98. The predicted molar refractivity (Wildman–Crippen MR) is 77.4 cm³/mol. The van der Waals surface area contributed by atoms with Gasteiger partial charge in [-0.1, -0.05) is 0 Å². The fourth-order valence-electron chi connectivity index (χ4n) is 2.56. The second-order valence-electron chi connectivity index (χ2n) is 5.51. The minimum atomic E-state index is -4.92. The van der Waals surface area contributed by atoms with Gasteiger partial charge in [0.05, 0.1) is 25.2 Å². The van der Waals surface area contributed by atoms with Crippen molar-refractivity contribution >= 4 is 11.6 Å². The molecule has 1 aromatic carbocycles. The van der Waals surface area contributed by atoms with Crippen LogP contribution in [0.4, 0.5) is 18.9 Å². The molecule has 0 saturated carbocycles. The van der Waals surface area contributed by atoms with Gasteiger partial charge < -0.3 is 19.9 Å². The van der Waals surface area contributed by atoms with E-state index in [0.717, 1.165) is 0 Å². The van der Waals surface area contributed by atoms with Gasteiger partial charge in [0.25, 0.3) is 0 Å². The fourth-order valence-corrected chi connectivity index (χ4v) is 2.56. The number of hydrogen-bond acceptors (Lipinski definition) is 4. The van der Waals surface area contributed by atoms with Crippen LogP contribution in [-0.2, 0) is 4.79 Å². The molecule has 0 radical (unpaired) electrons. The molecule has 1 unspecified atom stereocenters. The number of halogens is 3. The number of carbonyl (C=O) groups excluding carboxylic acids is 1. The maximum absolute atomic E-state index is 12.5. The summed E-state index contributed by atoms with van der Waals surface area (Å²) in [5, 5.41) is 20.3. The first kappa shape index (κ1) is 18.0. The average molecular weight is 343 g/mol. The Balaban J connectivity index is 2.16. The highest BCUT2D eigenvalue weighted by molar-refractivity contribution is 5.82. The molecule has 0 aliphatic carbocycles. The van der Waals surface area contributed by atoms with Crippen LogP contribution in [0.3, 0.4) is 0 Å². The summed E-state index contributed by atoms with van der Waals surface area (Å²) in [6, 6.07) is 6.19. The number of hydrogen-bond donors (Lipinski definition) is 1. The molecule has 0 bridgehead atoms. The number of hydroxylamine groups is 1. The molecule has 130 valence electrons. The summed E-state index contributed by atoms with van der Waals surface area (Å²) >= 11 is 0. The molecule has 1 N–H and O–H groups in total. The number of nitriles is 1. The lowest BCUT2D eigenvalue weighted by Gasteiger charge is -2.33. The molecule has 1 saturated heterocycles. The van der Waals surface area contributed by atoms with Crippen LogP contribution in [-0.4, -0.2) is 43.2 Å². The summed E-state index contributed by atoms with van der Waals surface area (Å²) in [5.41, 5.74) is 0.516. The molecule has 0 spiro atoms. The van der Waals surface area contributed by atoms with Gasteiger partial charge in [-0.3, -0.25) is 4.79 Å². The van der Waals surface area contributed by atoms with Gasteiger partial charge in [-0.15, -0.1) is 0 Å². The van der Waals surface area contributed by atoms with E-state index < -0.39 is 18.2 Å². The molecule has 0 aromatic heterocycles. The zero-order valence-corrected chi connectivity index (χ0v) is 12.9. The van der Waals surface area contributed by atoms with Crippen LogP contribution in [0.5, 0.6) is 5.75 Å². The van der Waals surface area contributed by atoms with Gasteiger partial charge in [0, 0.05) is 18.7 Å². The Morgan fingerprint density at radius 1 is 1.50 bits per heavy atom. The van der Waals surface area contributed by atoms with Gasteiger partial charge in [0.15, 0.2) is 11.4 Å². The van der Waals surface area contributed by atoms with E-state index in [1.807, 2.05) is 6.07 Å². The van der Waals surface area contributed by atoms with E-state index in [4.69, 9.17) is 10.00 Å². The van der Waals surface area contributed by atoms with Crippen molar-refractivity contribution in [2.24, 2.45) is 0 Å². The van der Waals surface area contributed by atoms with E-state index in [9.17, 15) is 23.2 Å². The maximum atomic E-state index is 12.5. The monoisotopic (exact) mass is 343 g/mol. The molecular weight excluding hydrogens is 327 g/mol. The van der Waals surface area contributed by atoms with Crippen LogP contribution < -0.4 is 9.80 Å². The Morgan fingerprint density at radius 3 is 2.79 bits per heavy atom. The molecule has 1 amide bonds. The summed E-state index contributed by atoms with van der Waals surface area (Å²) in [6.45, 7) is -0.206. The van der Waals surface area contributed by atoms with Crippen molar-refractivity contribution < 1.29 is 27.8 Å². The van der Waals surface area contributed by atoms with Crippen molar-refractivity contribution in [3.63, 3.8) is 0 Å². The molecule has 24 heavy (non-hydrogen) atoms. The van der Waals surface area contributed by atoms with Crippen LogP contribution in [0.15, 0.2) is 18.2 Å². The van der Waals surface area contributed by atoms with Crippen molar-refractivity contribution in [1.82, 2.24) is 4.90 Å². The van der Waals surface area contributed by atoms with Gasteiger partial charge in [0.1, 0.15) is 6.10 Å². The topological polar surface area (TPSA) is 80.8 Å². The Morgan fingerprint density at radius 2 is 2.21 bits per heavy atom. The zero-order chi connectivity index (χ0) is 17.9. The van der Waals surface area contributed by atoms with E-state index in [2.05, 4.69) is 0 Å². The van der Waals surface area contributed by atoms with Crippen molar-refractivity contribution in [1.29, 1.82) is 5.26 Å². The quantitative estimate of drug-likeness (QED) is 0.835. The van der Waals surface area contributed by atoms with E-state index in [-0.39, 0.29) is 35.2 Å². The Hall–Kier alpha value is -2.31. The summed E-state index contributed by atoms with van der Waals surface area (Å²) in [4.78, 5) is 12.0. The highest BCUT2D eigenvalue weighted by Gasteiger charge is 2.44. The third-order valence-electron chi connectivity index (χ3n) is 3.69. The van der Waals surface area contributed by atoms with Gasteiger partial charge in [0.2, 0.25) is 0 Å². The van der Waals surface area contributed by atoms with Gasteiger partial charge in [-0.05, 0) is 18.9 Å². The highest BCUT2D eigenvalue weighted by atomic mass is 19.4. The number of carbonyl (C=O) groups is 1. The van der Waals surface area contributed by atoms with E-state index in [1.54, 1.807) is 0 Å². The lowest BCUT2D eigenvalue weighted by atomic mass is 10.1. The molecule has 9 heteroatoms. The van der Waals surface area contributed by atoms with E-state index in [1.165, 1.54) is 25.2 Å². The molecular formula is C15H16F3N3O3. The van der Waals surface area contributed by atoms with E-state index in [0.29, 0.717) is 17.7 Å². The summed E-state index contributed by atoms with van der Waals surface area (Å²) in [5.74, 6) is -1.75. The van der Waals surface area contributed by atoms with Crippen molar-refractivity contribution in [2.75, 3.05) is 20.1 Å². The minimum absolute atomic E-state index is 0.00992. The number of benzene rings is 1. The van der Waals surface area contributed by atoms with Crippen molar-refractivity contribution in [3.8, 4) is 11.8 Å². The molecule has 1 aliphatic heterocycles. The number of nitrogens with one attached hydrogen (secondary N) is 1. The molecule has 1 fully saturated rings. The summed E-state index contributed by atoms with van der Waals surface area (Å²) in [6.07, 6.45) is -4.78. The standard InChI is InChI=1S/C15H16F3N3O3/c1-20(23)12-5-4-10(8-19)7-13(12)24-11-3-2-6-21(9-11)14(22)15(16,17)18/h4-5,7,11,20H,2-3,6,9H2,1H3/t11-/m0/s1. The molecule has 2 rings (SSSR count). The number of likely N-dealkylation sites (tertiary alicyclic amines) is 1. The summed E-state index contributed by atoms with van der Waals surface area (Å²) < 4.78 is 43.3. The molecule has 2 atom stereocenters. The van der Waals surface area contributed by atoms with Crippen molar-refractivity contribution in [2.45, 2.75) is 25.1 Å². The second-order valence-corrected chi connectivity index (χ2v) is 5.51. The van der Waals surface area contributed by atoms with Gasteiger partial charge in [-0.2, -0.15) is 18.4 Å². The molecule has 1 aromatic rings. The SMILES string of the molecule is C[NH+]([O-])c1ccc(C#N)cc1O[C@H]1CCCN(C(=O)C(F)(F)F)C1. The van der Waals surface area contributed by atoms with Crippen LogP contribution >= 0.6 is 0 Å². The smallest absolute Gasteiger partial charge is 0.471 e. The predicted octanol–water partition coefficient (Wildman–Crippen LogP) is 1.13. The molecule has 1 aliphatic rings. The van der Waals surface area contributed by atoms with Gasteiger partial charge >= 0.3 is 12.1 Å². The van der Waals surface area contributed by atoms with Crippen LogP contribution in [0, 0.1) is 16.5 Å². The first-order chi connectivity index (χ1) is 11.2. The normalized spacial score (nSPS) is 19.5. The fraction of sp³-hybridized carbons (Fsp3) is 0.467. The van der Waals surface area contributed by atoms with Gasteiger partial charge in [-0.25, -0.2) is 0 Å². The van der Waals surface area contributed by atoms with Crippen molar-refractivity contribution in [3.05, 3.63) is 29.0 Å². The number of piperidine rings is 1. The largest absolute Gasteiger partial charge is 0.629 e. The molecule has 6 nitrogen and oxygen atoms in total. The number of alkyl halides is 3. The minimum Gasteiger partial charge on any atom is -0.629 e. The second kappa shape index (κ2) is 7.07. The third kappa shape index (κ3) is 4.15. The Kier molecular flexibility index (Phi) is 5.31. The number of rotatable bonds is 3. The highest BCUT2D eigenvalue weighted by Crippen LogP contribution is 2.27. The average Bonchev–Trinajstić information content (AvgIpc) is 2.53. The first-order valence-corrected chi connectivity index (χ1v) is 7.30. The Bertz CT molecular complexity index is 656. The van der Waals surface area contributed by atoms with E-state index >= 15 is 0 Å². The number of amides is 1. The lowest BCUT2D eigenvalue weighted by molar-refractivity contribution is -0.751. The first-order valence-electron chi connectivity index (χ1n) is 7.30. The number of quaternary nitrogens is 1.